The number of likely N-dealkylation sites (tertiary alicyclic amines) is 1. The Morgan fingerprint density at radius 2 is 1.71 bits per heavy atom. The summed E-state index contributed by atoms with van der Waals surface area (Å²) >= 11 is 0. The van der Waals surface area contributed by atoms with Gasteiger partial charge in [0, 0.05) is 47.0 Å². The van der Waals surface area contributed by atoms with E-state index in [0.717, 1.165) is 58.8 Å². The number of pyridine rings is 2. The van der Waals surface area contributed by atoms with Gasteiger partial charge in [0.15, 0.2) is 0 Å². The van der Waals surface area contributed by atoms with Crippen LogP contribution in [0.5, 0.6) is 0 Å². The van der Waals surface area contributed by atoms with E-state index in [9.17, 15) is 0 Å². The maximum absolute atomic E-state index is 6.34. The lowest BCUT2D eigenvalue weighted by Crippen LogP contribution is -2.36. The summed E-state index contributed by atoms with van der Waals surface area (Å²) in [5.74, 6) is 0. The molecule has 4 aromatic rings. The number of nitrogens with zero attached hydrogens (tertiary/aromatic N) is 3. The third-order valence-corrected chi connectivity index (χ3v) is 6.35. The molecule has 35 heavy (non-hydrogen) atoms. The Kier molecular flexibility index (Phi) is 6.42. The van der Waals surface area contributed by atoms with E-state index in [1.807, 2.05) is 67.0 Å². The number of rotatable bonds is 8. The van der Waals surface area contributed by atoms with E-state index in [1.54, 1.807) is 6.20 Å². The Morgan fingerprint density at radius 3 is 2.43 bits per heavy atom. The van der Waals surface area contributed by atoms with Crippen LogP contribution in [-0.4, -0.2) is 28.0 Å². The van der Waals surface area contributed by atoms with Gasteiger partial charge in [-0.05, 0) is 66.5 Å². The molecule has 3 heterocycles. The first-order valence-corrected chi connectivity index (χ1v) is 11.8. The third kappa shape index (κ3) is 5.15. The van der Waals surface area contributed by atoms with Gasteiger partial charge in [-0.15, -0.1) is 0 Å². The highest BCUT2D eigenvalue weighted by Crippen LogP contribution is 2.31. The number of nitrogens with one attached hydrogen (secondary N) is 1. The second kappa shape index (κ2) is 9.95. The zero-order chi connectivity index (χ0) is 24.2. The highest BCUT2D eigenvalue weighted by Gasteiger charge is 2.15. The van der Waals surface area contributed by atoms with Crippen molar-refractivity contribution < 1.29 is 0 Å². The molecule has 0 amide bonds. The highest BCUT2D eigenvalue weighted by atomic mass is 15.2. The van der Waals surface area contributed by atoms with Crippen LogP contribution in [-0.2, 0) is 6.54 Å². The van der Waals surface area contributed by atoms with Crippen LogP contribution in [0.3, 0.4) is 0 Å². The van der Waals surface area contributed by atoms with Crippen LogP contribution in [0.2, 0.25) is 0 Å². The van der Waals surface area contributed by atoms with Crippen LogP contribution in [0.1, 0.15) is 17.5 Å². The summed E-state index contributed by atoms with van der Waals surface area (Å²) in [6, 6.07) is 22.3. The summed E-state index contributed by atoms with van der Waals surface area (Å²) in [6.07, 6.45) is 6.92. The van der Waals surface area contributed by atoms with Gasteiger partial charge < -0.3 is 11.1 Å². The van der Waals surface area contributed by atoms with E-state index < -0.39 is 0 Å². The quantitative estimate of drug-likeness (QED) is 0.241. The molecule has 0 radical (unpaired) electrons. The summed E-state index contributed by atoms with van der Waals surface area (Å²) in [4.78, 5) is 11.5. The van der Waals surface area contributed by atoms with E-state index >= 15 is 0 Å². The lowest BCUT2D eigenvalue weighted by atomic mass is 9.97. The molecule has 2 aromatic heterocycles. The summed E-state index contributed by atoms with van der Waals surface area (Å²) < 4.78 is 0. The zero-order valence-corrected chi connectivity index (χ0v) is 19.7. The molecule has 5 heteroatoms. The van der Waals surface area contributed by atoms with Crippen LogP contribution in [0, 0.1) is 0 Å². The van der Waals surface area contributed by atoms with Crippen molar-refractivity contribution in [3.63, 3.8) is 0 Å². The number of nitrogen functional groups attached to an aromatic ring is 1. The first-order valence-electron chi connectivity index (χ1n) is 11.8. The topological polar surface area (TPSA) is 67.1 Å². The van der Waals surface area contributed by atoms with Crippen molar-refractivity contribution in [1.29, 1.82) is 0 Å². The molecule has 0 bridgehead atoms. The Morgan fingerprint density at radius 1 is 0.886 bits per heavy atom. The average Bonchev–Trinajstić information content (AvgIpc) is 2.87. The first-order chi connectivity index (χ1) is 17.1. The SMILES string of the molecule is C=C(Nc1ccc(-c2ccccc2)nc1)C(=C)c1cc(-c2cncc(CN3CCC3)c2)ccc1N. The Labute approximate surface area is 206 Å². The molecule has 0 saturated carbocycles. The largest absolute Gasteiger partial charge is 0.398 e. The fraction of sp³-hybridized carbons (Fsp3) is 0.133. The van der Waals surface area contributed by atoms with Gasteiger partial charge in [0.1, 0.15) is 0 Å². The molecule has 0 atom stereocenters. The highest BCUT2D eigenvalue weighted by molar-refractivity contribution is 5.88. The van der Waals surface area contributed by atoms with Crippen molar-refractivity contribution in [2.75, 3.05) is 24.1 Å². The molecule has 3 N–H and O–H groups in total. The Bertz CT molecular complexity index is 1360. The monoisotopic (exact) mass is 459 g/mol. The van der Waals surface area contributed by atoms with E-state index in [4.69, 9.17) is 5.73 Å². The zero-order valence-electron chi connectivity index (χ0n) is 19.7. The number of nitrogens with two attached hydrogens (primary N) is 1. The van der Waals surface area contributed by atoms with Crippen LogP contribution < -0.4 is 11.1 Å². The standard InChI is InChI=1S/C30H29N5/c1-21(22(2)34-27-10-12-30(33-19-27)24-7-4-3-5-8-24)28-16-25(9-11-29(28)31)26-15-23(17-32-18-26)20-35-13-6-14-35/h3-5,7-12,15-19,34H,1-2,6,13-14,20,31H2. The van der Waals surface area contributed by atoms with Gasteiger partial charge in [-0.2, -0.15) is 0 Å². The summed E-state index contributed by atoms with van der Waals surface area (Å²) in [5, 5.41) is 3.32. The lowest BCUT2D eigenvalue weighted by Gasteiger charge is -2.30. The number of anilines is 2. The van der Waals surface area contributed by atoms with Crippen molar-refractivity contribution in [2.24, 2.45) is 0 Å². The number of hydrogen-bond donors (Lipinski definition) is 2. The minimum atomic E-state index is 0.656. The van der Waals surface area contributed by atoms with Gasteiger partial charge in [-0.3, -0.25) is 14.9 Å². The van der Waals surface area contributed by atoms with Gasteiger partial charge in [0.25, 0.3) is 0 Å². The van der Waals surface area contributed by atoms with Gasteiger partial charge >= 0.3 is 0 Å². The van der Waals surface area contributed by atoms with Crippen molar-refractivity contribution in [3.05, 3.63) is 115 Å². The Balaban J connectivity index is 1.31. The summed E-state index contributed by atoms with van der Waals surface area (Å²) in [5.41, 5.74) is 15.4. The molecule has 5 rings (SSSR count). The summed E-state index contributed by atoms with van der Waals surface area (Å²) in [7, 11) is 0. The maximum Gasteiger partial charge on any atom is 0.0703 e. The predicted molar refractivity (Wildman–Crippen MR) is 145 cm³/mol. The molecule has 0 unspecified atom stereocenters. The fourth-order valence-electron chi connectivity index (χ4n) is 4.19. The van der Waals surface area contributed by atoms with Crippen LogP contribution in [0.4, 0.5) is 11.4 Å². The van der Waals surface area contributed by atoms with Crippen molar-refractivity contribution in [1.82, 2.24) is 14.9 Å². The molecule has 174 valence electrons. The third-order valence-electron chi connectivity index (χ3n) is 6.35. The maximum atomic E-state index is 6.34. The smallest absolute Gasteiger partial charge is 0.0703 e. The molecule has 0 aliphatic carbocycles. The predicted octanol–water partition coefficient (Wildman–Crippen LogP) is 6.24. The van der Waals surface area contributed by atoms with E-state index in [2.05, 4.69) is 45.5 Å². The summed E-state index contributed by atoms with van der Waals surface area (Å²) in [6.45, 7) is 11.7. The normalized spacial score (nSPS) is 13.1. The average molecular weight is 460 g/mol. The van der Waals surface area contributed by atoms with Crippen molar-refractivity contribution in [2.45, 2.75) is 13.0 Å². The number of benzene rings is 2. The van der Waals surface area contributed by atoms with Crippen LogP contribution >= 0.6 is 0 Å². The van der Waals surface area contributed by atoms with Gasteiger partial charge in [-0.25, -0.2) is 0 Å². The van der Waals surface area contributed by atoms with Gasteiger partial charge in [0.2, 0.25) is 0 Å². The second-order valence-corrected chi connectivity index (χ2v) is 8.89. The Hall–Kier alpha value is -4.22. The van der Waals surface area contributed by atoms with Gasteiger partial charge in [-0.1, -0.05) is 49.6 Å². The van der Waals surface area contributed by atoms with E-state index in [-0.39, 0.29) is 0 Å². The van der Waals surface area contributed by atoms with Crippen LogP contribution in [0.25, 0.3) is 28.0 Å². The molecular formula is C30H29N5. The molecule has 1 aliphatic heterocycles. The molecule has 5 nitrogen and oxygen atoms in total. The second-order valence-electron chi connectivity index (χ2n) is 8.89. The fourth-order valence-corrected chi connectivity index (χ4v) is 4.19. The molecule has 1 aliphatic rings. The van der Waals surface area contributed by atoms with Crippen LogP contribution in [0.15, 0.2) is 104 Å². The minimum Gasteiger partial charge on any atom is -0.398 e. The van der Waals surface area contributed by atoms with Gasteiger partial charge in [0.05, 0.1) is 17.6 Å². The molecule has 1 saturated heterocycles. The van der Waals surface area contributed by atoms with E-state index in [0.29, 0.717) is 11.4 Å². The van der Waals surface area contributed by atoms with E-state index in [1.165, 1.54) is 12.0 Å². The molecule has 0 spiro atoms. The molecule has 2 aromatic carbocycles. The number of aromatic nitrogens is 2. The lowest BCUT2D eigenvalue weighted by molar-refractivity contribution is 0.172. The first kappa shape index (κ1) is 22.6. The number of allylic oxidation sites excluding steroid dienone is 1. The minimum absolute atomic E-state index is 0.656. The van der Waals surface area contributed by atoms with Crippen molar-refractivity contribution in [3.8, 4) is 22.4 Å². The number of hydrogen-bond acceptors (Lipinski definition) is 5. The van der Waals surface area contributed by atoms with Crippen molar-refractivity contribution >= 4 is 16.9 Å². The molecule has 1 fully saturated rings. The molecular weight excluding hydrogens is 430 g/mol.